The first kappa shape index (κ1) is 9.24. The third-order valence-electron chi connectivity index (χ3n) is 2.50. The molecule has 2 heterocycles. The maximum atomic E-state index is 12.9. The summed E-state index contributed by atoms with van der Waals surface area (Å²) in [5.74, 6) is 1.38. The van der Waals surface area contributed by atoms with Crippen LogP contribution in [0.25, 0.3) is 0 Å². The van der Waals surface area contributed by atoms with Gasteiger partial charge in [0.05, 0.1) is 0 Å². The quantitative estimate of drug-likeness (QED) is 0.740. The highest BCUT2D eigenvalue weighted by atomic mass is 19.1. The summed E-state index contributed by atoms with van der Waals surface area (Å²) in [6.45, 7) is 1.47. The second-order valence-corrected chi connectivity index (χ2v) is 3.58. The number of anilines is 2. The molecule has 0 aliphatic carbocycles. The SMILES string of the molecule is Nc1cccc(N2CCC(F)CC2)n1. The highest BCUT2D eigenvalue weighted by Gasteiger charge is 2.19. The van der Waals surface area contributed by atoms with E-state index in [9.17, 15) is 4.39 Å². The molecule has 1 fully saturated rings. The van der Waals surface area contributed by atoms with Gasteiger partial charge in [0.1, 0.15) is 17.8 Å². The second kappa shape index (κ2) is 3.82. The maximum absolute atomic E-state index is 12.9. The molecule has 76 valence electrons. The van der Waals surface area contributed by atoms with Crippen LogP contribution in [0.2, 0.25) is 0 Å². The number of hydrogen-bond acceptors (Lipinski definition) is 3. The molecule has 0 saturated carbocycles. The number of hydrogen-bond donors (Lipinski definition) is 1. The van der Waals surface area contributed by atoms with Gasteiger partial charge in [0.25, 0.3) is 0 Å². The number of nitrogen functional groups attached to an aromatic ring is 1. The van der Waals surface area contributed by atoms with Crippen LogP contribution in [0.5, 0.6) is 0 Å². The van der Waals surface area contributed by atoms with E-state index < -0.39 is 6.17 Å². The molecule has 1 aliphatic rings. The largest absolute Gasteiger partial charge is 0.384 e. The number of alkyl halides is 1. The molecule has 1 aliphatic heterocycles. The molecule has 4 heteroatoms. The number of rotatable bonds is 1. The summed E-state index contributed by atoms with van der Waals surface area (Å²) in [5.41, 5.74) is 5.58. The molecule has 0 atom stereocenters. The molecule has 3 nitrogen and oxygen atoms in total. The van der Waals surface area contributed by atoms with Gasteiger partial charge >= 0.3 is 0 Å². The van der Waals surface area contributed by atoms with Gasteiger partial charge in [0, 0.05) is 13.1 Å². The minimum Gasteiger partial charge on any atom is -0.384 e. The van der Waals surface area contributed by atoms with Gasteiger partial charge in [0.2, 0.25) is 0 Å². The van der Waals surface area contributed by atoms with Crippen molar-refractivity contribution in [2.24, 2.45) is 0 Å². The van der Waals surface area contributed by atoms with Crippen LogP contribution in [-0.2, 0) is 0 Å². The second-order valence-electron chi connectivity index (χ2n) is 3.58. The van der Waals surface area contributed by atoms with E-state index in [1.807, 2.05) is 12.1 Å². The molecule has 0 amide bonds. The molecule has 1 saturated heterocycles. The fraction of sp³-hybridized carbons (Fsp3) is 0.500. The zero-order valence-electron chi connectivity index (χ0n) is 7.99. The molecule has 1 aromatic heterocycles. The molecule has 0 unspecified atom stereocenters. The monoisotopic (exact) mass is 195 g/mol. The average Bonchev–Trinajstić information content (AvgIpc) is 2.19. The van der Waals surface area contributed by atoms with Crippen LogP contribution in [-0.4, -0.2) is 24.2 Å². The number of pyridine rings is 1. The topological polar surface area (TPSA) is 42.1 Å². The normalized spacial score (nSPS) is 18.5. The lowest BCUT2D eigenvalue weighted by atomic mass is 10.1. The van der Waals surface area contributed by atoms with Crippen molar-refractivity contribution < 1.29 is 4.39 Å². The van der Waals surface area contributed by atoms with E-state index in [1.165, 1.54) is 0 Å². The van der Waals surface area contributed by atoms with Crippen molar-refractivity contribution in [3.63, 3.8) is 0 Å². The van der Waals surface area contributed by atoms with Crippen LogP contribution < -0.4 is 10.6 Å². The third-order valence-corrected chi connectivity index (χ3v) is 2.50. The predicted molar refractivity (Wildman–Crippen MR) is 55.0 cm³/mol. The van der Waals surface area contributed by atoms with Crippen molar-refractivity contribution in [3.05, 3.63) is 18.2 Å². The van der Waals surface area contributed by atoms with Crippen LogP contribution >= 0.6 is 0 Å². The third kappa shape index (κ3) is 1.95. The molecule has 0 bridgehead atoms. The van der Waals surface area contributed by atoms with Gasteiger partial charge in [-0.3, -0.25) is 0 Å². The Labute approximate surface area is 82.7 Å². The Kier molecular flexibility index (Phi) is 2.52. The average molecular weight is 195 g/mol. The van der Waals surface area contributed by atoms with Crippen LogP contribution in [0, 0.1) is 0 Å². The van der Waals surface area contributed by atoms with E-state index in [0.29, 0.717) is 18.7 Å². The molecular weight excluding hydrogens is 181 g/mol. The minimum atomic E-state index is -0.646. The fourth-order valence-electron chi connectivity index (χ4n) is 1.69. The molecular formula is C10H14FN3. The van der Waals surface area contributed by atoms with Gasteiger partial charge in [-0.05, 0) is 25.0 Å². The van der Waals surface area contributed by atoms with E-state index in [-0.39, 0.29) is 0 Å². The first-order valence-electron chi connectivity index (χ1n) is 4.87. The van der Waals surface area contributed by atoms with Gasteiger partial charge in [-0.25, -0.2) is 9.37 Å². The lowest BCUT2D eigenvalue weighted by Gasteiger charge is -2.29. The van der Waals surface area contributed by atoms with Crippen molar-refractivity contribution in [1.29, 1.82) is 0 Å². The Hall–Kier alpha value is -1.32. The lowest BCUT2D eigenvalue weighted by Crippen LogP contribution is -2.34. The Morgan fingerprint density at radius 3 is 2.71 bits per heavy atom. The zero-order valence-corrected chi connectivity index (χ0v) is 7.99. The zero-order chi connectivity index (χ0) is 9.97. The Morgan fingerprint density at radius 2 is 2.07 bits per heavy atom. The van der Waals surface area contributed by atoms with E-state index in [4.69, 9.17) is 5.73 Å². The summed E-state index contributed by atoms with van der Waals surface area (Å²) in [6, 6.07) is 5.54. The van der Waals surface area contributed by atoms with Crippen LogP contribution in [0.4, 0.5) is 16.0 Å². The Morgan fingerprint density at radius 1 is 1.36 bits per heavy atom. The molecule has 2 N–H and O–H groups in total. The molecule has 2 rings (SSSR count). The van der Waals surface area contributed by atoms with Crippen molar-refractivity contribution >= 4 is 11.6 Å². The van der Waals surface area contributed by atoms with E-state index >= 15 is 0 Å². The molecule has 0 radical (unpaired) electrons. The minimum absolute atomic E-state index is 0.518. The summed E-state index contributed by atoms with van der Waals surface area (Å²) >= 11 is 0. The summed E-state index contributed by atoms with van der Waals surface area (Å²) < 4.78 is 12.9. The Balaban J connectivity index is 2.08. The number of piperidine rings is 1. The standard InChI is InChI=1S/C10H14FN3/c11-8-4-6-14(7-5-8)10-3-1-2-9(12)13-10/h1-3,8H,4-7H2,(H2,12,13). The van der Waals surface area contributed by atoms with E-state index in [1.54, 1.807) is 6.07 Å². The van der Waals surface area contributed by atoms with Gasteiger partial charge in [-0.2, -0.15) is 0 Å². The van der Waals surface area contributed by atoms with Crippen LogP contribution in [0.1, 0.15) is 12.8 Å². The summed E-state index contributed by atoms with van der Waals surface area (Å²) in [6.07, 6.45) is 0.541. The number of aromatic nitrogens is 1. The van der Waals surface area contributed by atoms with Crippen molar-refractivity contribution in [2.45, 2.75) is 19.0 Å². The van der Waals surface area contributed by atoms with Gasteiger partial charge < -0.3 is 10.6 Å². The number of halogens is 1. The molecule has 0 spiro atoms. The fourth-order valence-corrected chi connectivity index (χ4v) is 1.69. The van der Waals surface area contributed by atoms with E-state index in [0.717, 1.165) is 18.9 Å². The highest BCUT2D eigenvalue weighted by molar-refractivity contribution is 5.45. The van der Waals surface area contributed by atoms with Crippen molar-refractivity contribution in [2.75, 3.05) is 23.7 Å². The van der Waals surface area contributed by atoms with Crippen LogP contribution in [0.15, 0.2) is 18.2 Å². The summed E-state index contributed by atoms with van der Waals surface area (Å²) in [4.78, 5) is 6.28. The molecule has 0 aromatic carbocycles. The van der Waals surface area contributed by atoms with Crippen LogP contribution in [0.3, 0.4) is 0 Å². The number of nitrogens with two attached hydrogens (primary N) is 1. The number of nitrogens with zero attached hydrogens (tertiary/aromatic N) is 2. The Bertz CT molecular complexity index is 308. The smallest absolute Gasteiger partial charge is 0.130 e. The van der Waals surface area contributed by atoms with Crippen molar-refractivity contribution in [1.82, 2.24) is 4.98 Å². The highest BCUT2D eigenvalue weighted by Crippen LogP contribution is 2.19. The van der Waals surface area contributed by atoms with Crippen molar-refractivity contribution in [3.8, 4) is 0 Å². The first-order chi connectivity index (χ1) is 6.75. The van der Waals surface area contributed by atoms with Gasteiger partial charge in [-0.15, -0.1) is 0 Å². The maximum Gasteiger partial charge on any atom is 0.130 e. The summed E-state index contributed by atoms with van der Waals surface area (Å²) in [5, 5.41) is 0. The van der Waals surface area contributed by atoms with Gasteiger partial charge in [0.15, 0.2) is 0 Å². The lowest BCUT2D eigenvalue weighted by molar-refractivity contribution is 0.277. The summed E-state index contributed by atoms with van der Waals surface area (Å²) in [7, 11) is 0. The molecule has 14 heavy (non-hydrogen) atoms. The van der Waals surface area contributed by atoms with Gasteiger partial charge in [-0.1, -0.05) is 6.07 Å². The van der Waals surface area contributed by atoms with E-state index in [2.05, 4.69) is 9.88 Å². The molecule has 1 aromatic rings. The first-order valence-corrected chi connectivity index (χ1v) is 4.87. The predicted octanol–water partition coefficient (Wildman–Crippen LogP) is 1.60.